The molecule has 5 nitrogen and oxygen atoms in total. The maximum Gasteiger partial charge on any atom is 0.319 e. The van der Waals surface area contributed by atoms with Crippen molar-refractivity contribution in [2.24, 2.45) is 5.73 Å². The van der Waals surface area contributed by atoms with Gasteiger partial charge in [0.25, 0.3) is 0 Å². The normalized spacial score (nSPS) is 18.6. The molecule has 0 saturated carbocycles. The van der Waals surface area contributed by atoms with Crippen LogP contribution in [0.1, 0.15) is 18.4 Å². The summed E-state index contributed by atoms with van der Waals surface area (Å²) >= 11 is 0. The Hall–Kier alpha value is -1.59. The van der Waals surface area contributed by atoms with Crippen molar-refractivity contribution in [2.75, 3.05) is 32.0 Å². The lowest BCUT2D eigenvalue weighted by molar-refractivity contribution is 0.165. The van der Waals surface area contributed by atoms with Gasteiger partial charge in [-0.3, -0.25) is 0 Å². The largest absolute Gasteiger partial charge is 0.331 e. The van der Waals surface area contributed by atoms with Gasteiger partial charge in [-0.1, -0.05) is 17.7 Å². The van der Waals surface area contributed by atoms with Crippen LogP contribution in [0.3, 0.4) is 0 Å². The summed E-state index contributed by atoms with van der Waals surface area (Å²) in [4.78, 5) is 14.4. The summed E-state index contributed by atoms with van der Waals surface area (Å²) in [5.41, 5.74) is 7.58. The lowest BCUT2D eigenvalue weighted by Gasteiger charge is -2.40. The van der Waals surface area contributed by atoms with Crippen LogP contribution in [-0.4, -0.2) is 43.2 Å². The molecule has 1 fully saturated rings. The van der Waals surface area contributed by atoms with E-state index in [4.69, 9.17) is 5.73 Å². The number of rotatable bonds is 3. The first-order valence-electron chi connectivity index (χ1n) is 7.07. The van der Waals surface area contributed by atoms with Gasteiger partial charge in [0, 0.05) is 25.3 Å². The molecule has 0 unspecified atom stereocenters. The molecule has 2 rings (SSSR count). The minimum Gasteiger partial charge on any atom is -0.331 e. The van der Waals surface area contributed by atoms with Gasteiger partial charge in [0.2, 0.25) is 0 Å². The SMILES string of the molecule is Cc1ccc(NC(=O)NC2(CN)CCN(C)CC2)cc1. The molecule has 110 valence electrons. The Labute approximate surface area is 120 Å². The Balaban J connectivity index is 1.94. The fraction of sp³-hybridized carbons (Fsp3) is 0.533. The molecule has 1 aromatic carbocycles. The average molecular weight is 276 g/mol. The maximum atomic E-state index is 12.1. The van der Waals surface area contributed by atoms with Gasteiger partial charge >= 0.3 is 6.03 Å². The summed E-state index contributed by atoms with van der Waals surface area (Å²) in [5, 5.41) is 5.93. The first-order chi connectivity index (χ1) is 9.53. The number of amides is 2. The third-order valence-electron chi connectivity index (χ3n) is 4.02. The zero-order valence-corrected chi connectivity index (χ0v) is 12.3. The van der Waals surface area contributed by atoms with Gasteiger partial charge in [0.1, 0.15) is 0 Å². The number of piperidine rings is 1. The highest BCUT2D eigenvalue weighted by Crippen LogP contribution is 2.20. The van der Waals surface area contributed by atoms with E-state index in [1.54, 1.807) is 0 Å². The van der Waals surface area contributed by atoms with Crippen molar-refractivity contribution >= 4 is 11.7 Å². The lowest BCUT2D eigenvalue weighted by atomic mass is 9.88. The maximum absolute atomic E-state index is 12.1. The van der Waals surface area contributed by atoms with E-state index in [9.17, 15) is 4.79 Å². The second kappa shape index (κ2) is 6.24. The van der Waals surface area contributed by atoms with Crippen LogP contribution >= 0.6 is 0 Å². The number of carbonyl (C=O) groups excluding carboxylic acids is 1. The first-order valence-corrected chi connectivity index (χ1v) is 7.07. The summed E-state index contributed by atoms with van der Waals surface area (Å²) in [6.45, 7) is 4.41. The molecule has 2 amide bonds. The topological polar surface area (TPSA) is 70.4 Å². The summed E-state index contributed by atoms with van der Waals surface area (Å²) in [5.74, 6) is 0. The number of likely N-dealkylation sites (tertiary alicyclic amines) is 1. The summed E-state index contributed by atoms with van der Waals surface area (Å²) in [7, 11) is 2.09. The monoisotopic (exact) mass is 276 g/mol. The Kier molecular flexibility index (Phi) is 4.62. The predicted octanol–water partition coefficient (Wildman–Crippen LogP) is 1.54. The minimum atomic E-state index is -0.276. The molecule has 4 N–H and O–H groups in total. The van der Waals surface area contributed by atoms with E-state index in [0.717, 1.165) is 31.6 Å². The van der Waals surface area contributed by atoms with Crippen LogP contribution in [-0.2, 0) is 0 Å². The average Bonchev–Trinajstić information content (AvgIpc) is 2.44. The molecule has 0 spiro atoms. The number of nitrogens with one attached hydrogen (secondary N) is 2. The molecule has 1 saturated heterocycles. The fourth-order valence-electron chi connectivity index (χ4n) is 2.47. The third-order valence-corrected chi connectivity index (χ3v) is 4.02. The third kappa shape index (κ3) is 3.71. The van der Waals surface area contributed by atoms with Crippen LogP contribution in [0.2, 0.25) is 0 Å². The zero-order chi connectivity index (χ0) is 14.6. The highest BCUT2D eigenvalue weighted by atomic mass is 16.2. The van der Waals surface area contributed by atoms with Gasteiger partial charge < -0.3 is 21.3 Å². The second-order valence-electron chi connectivity index (χ2n) is 5.73. The van der Waals surface area contributed by atoms with Crippen molar-refractivity contribution < 1.29 is 4.79 Å². The van der Waals surface area contributed by atoms with Crippen LogP contribution < -0.4 is 16.4 Å². The molecule has 0 radical (unpaired) electrons. The van der Waals surface area contributed by atoms with Gasteiger partial charge in [-0.15, -0.1) is 0 Å². The van der Waals surface area contributed by atoms with E-state index in [2.05, 4.69) is 22.6 Å². The van der Waals surface area contributed by atoms with Crippen molar-refractivity contribution in [3.8, 4) is 0 Å². The molecule has 20 heavy (non-hydrogen) atoms. The number of urea groups is 1. The molecule has 5 heteroatoms. The Morgan fingerprint density at radius 3 is 2.45 bits per heavy atom. The van der Waals surface area contributed by atoms with Crippen LogP contribution in [0.4, 0.5) is 10.5 Å². The molecule has 1 heterocycles. The van der Waals surface area contributed by atoms with Crippen LogP contribution in [0.5, 0.6) is 0 Å². The molecular formula is C15H24N4O. The number of hydrogen-bond acceptors (Lipinski definition) is 3. The molecule has 0 bridgehead atoms. The standard InChI is InChI=1S/C15H24N4O/c1-12-3-5-13(6-4-12)17-14(20)18-15(11-16)7-9-19(2)10-8-15/h3-6H,7-11,16H2,1-2H3,(H2,17,18,20). The lowest BCUT2D eigenvalue weighted by Crippen LogP contribution is -2.59. The van der Waals surface area contributed by atoms with Gasteiger partial charge in [-0.25, -0.2) is 4.79 Å². The molecular weight excluding hydrogens is 252 g/mol. The molecule has 1 aliphatic rings. The van der Waals surface area contributed by atoms with E-state index in [-0.39, 0.29) is 11.6 Å². The van der Waals surface area contributed by atoms with Gasteiger partial charge in [-0.05, 0) is 38.9 Å². The quantitative estimate of drug-likeness (QED) is 0.784. The smallest absolute Gasteiger partial charge is 0.319 e. The summed E-state index contributed by atoms with van der Waals surface area (Å²) in [6, 6.07) is 7.58. The molecule has 0 aliphatic carbocycles. The number of hydrogen-bond donors (Lipinski definition) is 3. The Bertz CT molecular complexity index is 449. The Morgan fingerprint density at radius 2 is 1.90 bits per heavy atom. The van der Waals surface area contributed by atoms with Crippen molar-refractivity contribution in [1.82, 2.24) is 10.2 Å². The van der Waals surface area contributed by atoms with Gasteiger partial charge in [0.15, 0.2) is 0 Å². The first kappa shape index (κ1) is 14.8. The predicted molar refractivity (Wildman–Crippen MR) is 81.8 cm³/mol. The van der Waals surface area contributed by atoms with Gasteiger partial charge in [0.05, 0.1) is 5.54 Å². The van der Waals surface area contributed by atoms with Crippen molar-refractivity contribution in [2.45, 2.75) is 25.3 Å². The number of anilines is 1. The summed E-state index contributed by atoms with van der Waals surface area (Å²) < 4.78 is 0. The van der Waals surface area contributed by atoms with E-state index >= 15 is 0 Å². The highest BCUT2D eigenvalue weighted by molar-refractivity contribution is 5.89. The van der Waals surface area contributed by atoms with Gasteiger partial charge in [-0.2, -0.15) is 0 Å². The van der Waals surface area contributed by atoms with Crippen molar-refractivity contribution in [3.63, 3.8) is 0 Å². The van der Waals surface area contributed by atoms with Crippen molar-refractivity contribution in [1.29, 1.82) is 0 Å². The second-order valence-corrected chi connectivity index (χ2v) is 5.73. The number of carbonyl (C=O) groups is 1. The van der Waals surface area contributed by atoms with E-state index in [1.165, 1.54) is 5.56 Å². The molecule has 1 aliphatic heterocycles. The number of nitrogens with two attached hydrogens (primary N) is 1. The highest BCUT2D eigenvalue weighted by Gasteiger charge is 2.33. The number of aryl methyl sites for hydroxylation is 1. The van der Waals surface area contributed by atoms with Crippen LogP contribution in [0, 0.1) is 6.92 Å². The van der Waals surface area contributed by atoms with E-state index in [0.29, 0.717) is 6.54 Å². The molecule has 0 atom stereocenters. The zero-order valence-electron chi connectivity index (χ0n) is 12.3. The number of benzene rings is 1. The fourth-order valence-corrected chi connectivity index (χ4v) is 2.47. The van der Waals surface area contributed by atoms with Crippen molar-refractivity contribution in [3.05, 3.63) is 29.8 Å². The van der Waals surface area contributed by atoms with Crippen LogP contribution in [0.25, 0.3) is 0 Å². The van der Waals surface area contributed by atoms with Crippen LogP contribution in [0.15, 0.2) is 24.3 Å². The number of nitrogens with zero attached hydrogens (tertiary/aromatic N) is 1. The van der Waals surface area contributed by atoms with E-state index in [1.807, 2.05) is 31.2 Å². The Morgan fingerprint density at radius 1 is 1.30 bits per heavy atom. The van der Waals surface area contributed by atoms with E-state index < -0.39 is 0 Å². The molecule has 1 aromatic rings. The molecule has 0 aromatic heterocycles. The summed E-state index contributed by atoms with van der Waals surface area (Å²) in [6.07, 6.45) is 1.78. The minimum absolute atomic E-state index is 0.177.